The third-order valence-corrected chi connectivity index (χ3v) is 8.39. The second kappa shape index (κ2) is 10.7. The number of sulfonamides is 1. The van der Waals surface area contributed by atoms with Gasteiger partial charge in [-0.2, -0.15) is 4.31 Å². The maximum atomic E-state index is 13.4. The fourth-order valence-electron chi connectivity index (χ4n) is 4.46. The average Bonchev–Trinajstić information content (AvgIpc) is 3.62. The first-order valence-corrected chi connectivity index (χ1v) is 13.6. The molecule has 194 valence electrons. The van der Waals surface area contributed by atoms with Crippen molar-refractivity contribution >= 4 is 21.8 Å². The number of methoxy groups -OCH3 is 1. The van der Waals surface area contributed by atoms with Gasteiger partial charge in [-0.3, -0.25) is 14.5 Å². The highest BCUT2D eigenvalue weighted by molar-refractivity contribution is 7.89. The summed E-state index contributed by atoms with van der Waals surface area (Å²) in [7, 11) is -2.37. The van der Waals surface area contributed by atoms with Crippen LogP contribution in [-0.4, -0.2) is 78.8 Å². The second-order valence-electron chi connectivity index (χ2n) is 8.88. The fraction of sp³-hybridized carbons (Fsp3) is 0.360. The van der Waals surface area contributed by atoms with Gasteiger partial charge in [0.25, 0.3) is 0 Å². The number of amides is 1. The molecule has 0 aliphatic carbocycles. The molecule has 0 bridgehead atoms. The van der Waals surface area contributed by atoms with Crippen molar-refractivity contribution in [3.05, 3.63) is 71.5 Å². The normalized spacial score (nSPS) is 18.2. The molecule has 12 heteroatoms. The SMILES string of the molecule is COc1ccc(S(=O)(=O)N2CCNC(=O)[C@H]2Cc2cn(CCc3ccc(C4=NCCN4)cc3)nn2)cc1. The van der Waals surface area contributed by atoms with Crippen LogP contribution >= 0.6 is 0 Å². The van der Waals surface area contributed by atoms with E-state index in [1.54, 1.807) is 23.0 Å². The maximum Gasteiger partial charge on any atom is 0.243 e. The number of carbonyl (C=O) groups is 1. The molecular weight excluding hydrogens is 494 g/mol. The van der Waals surface area contributed by atoms with Crippen LogP contribution in [-0.2, 0) is 34.2 Å². The smallest absolute Gasteiger partial charge is 0.243 e. The zero-order chi connectivity index (χ0) is 25.8. The number of ether oxygens (including phenoxy) is 1. The lowest BCUT2D eigenvalue weighted by atomic mass is 10.1. The van der Waals surface area contributed by atoms with Gasteiger partial charge < -0.3 is 15.4 Å². The Kier molecular flexibility index (Phi) is 7.19. The molecule has 5 rings (SSSR count). The Labute approximate surface area is 215 Å². The molecule has 0 unspecified atom stereocenters. The van der Waals surface area contributed by atoms with Crippen molar-refractivity contribution in [3.63, 3.8) is 0 Å². The van der Waals surface area contributed by atoms with E-state index in [9.17, 15) is 13.2 Å². The minimum atomic E-state index is -3.89. The summed E-state index contributed by atoms with van der Waals surface area (Å²) in [6.07, 6.45) is 2.65. The number of nitrogens with zero attached hydrogens (tertiary/aromatic N) is 5. The summed E-state index contributed by atoms with van der Waals surface area (Å²) in [5.41, 5.74) is 2.78. The minimum absolute atomic E-state index is 0.110. The van der Waals surface area contributed by atoms with Crippen LogP contribution in [0.25, 0.3) is 0 Å². The molecule has 1 saturated heterocycles. The summed E-state index contributed by atoms with van der Waals surface area (Å²) in [4.78, 5) is 17.3. The molecule has 1 fully saturated rings. The van der Waals surface area contributed by atoms with Crippen molar-refractivity contribution in [1.82, 2.24) is 29.9 Å². The van der Waals surface area contributed by atoms with Gasteiger partial charge in [0.1, 0.15) is 17.6 Å². The van der Waals surface area contributed by atoms with Crippen LogP contribution < -0.4 is 15.4 Å². The zero-order valence-electron chi connectivity index (χ0n) is 20.5. The quantitative estimate of drug-likeness (QED) is 0.420. The predicted molar refractivity (Wildman–Crippen MR) is 137 cm³/mol. The summed E-state index contributed by atoms with van der Waals surface area (Å²) in [5, 5.41) is 14.4. The second-order valence-corrected chi connectivity index (χ2v) is 10.8. The van der Waals surface area contributed by atoms with Crippen molar-refractivity contribution in [1.29, 1.82) is 0 Å². The van der Waals surface area contributed by atoms with Gasteiger partial charge in [0.05, 0.1) is 24.2 Å². The van der Waals surface area contributed by atoms with Crippen molar-refractivity contribution in [2.75, 3.05) is 33.3 Å². The molecule has 2 aliphatic heterocycles. The van der Waals surface area contributed by atoms with E-state index in [0.717, 1.165) is 36.5 Å². The van der Waals surface area contributed by atoms with E-state index < -0.39 is 16.1 Å². The van der Waals surface area contributed by atoms with E-state index in [4.69, 9.17) is 4.74 Å². The monoisotopic (exact) mass is 523 g/mol. The molecule has 1 atom stereocenters. The van der Waals surface area contributed by atoms with Gasteiger partial charge >= 0.3 is 0 Å². The molecule has 2 N–H and O–H groups in total. The van der Waals surface area contributed by atoms with Crippen molar-refractivity contribution < 1.29 is 17.9 Å². The third kappa shape index (κ3) is 5.49. The third-order valence-electron chi connectivity index (χ3n) is 6.47. The van der Waals surface area contributed by atoms with Crippen LogP contribution in [0, 0.1) is 0 Å². The van der Waals surface area contributed by atoms with E-state index in [1.807, 2.05) is 0 Å². The van der Waals surface area contributed by atoms with Crippen molar-refractivity contribution in [3.8, 4) is 5.75 Å². The number of aromatic nitrogens is 3. The summed E-state index contributed by atoms with van der Waals surface area (Å²) < 4.78 is 34.8. The van der Waals surface area contributed by atoms with Crippen LogP contribution in [0.1, 0.15) is 16.8 Å². The molecule has 11 nitrogen and oxygen atoms in total. The van der Waals surface area contributed by atoms with Crippen molar-refractivity contribution in [2.45, 2.75) is 30.3 Å². The van der Waals surface area contributed by atoms with Gasteiger partial charge in [-0.15, -0.1) is 5.10 Å². The first-order chi connectivity index (χ1) is 17.9. The molecule has 37 heavy (non-hydrogen) atoms. The van der Waals surface area contributed by atoms with E-state index in [0.29, 0.717) is 18.0 Å². The number of hydrogen-bond acceptors (Lipinski definition) is 8. The summed E-state index contributed by atoms with van der Waals surface area (Å²) in [6, 6.07) is 13.5. The van der Waals surface area contributed by atoms with Gasteiger partial charge in [-0.05, 0) is 36.2 Å². The summed E-state index contributed by atoms with van der Waals surface area (Å²) >= 11 is 0. The first kappa shape index (κ1) is 24.9. The number of aryl methyl sites for hydroxylation is 2. The van der Waals surface area contributed by atoms with E-state index in [2.05, 4.69) is 50.2 Å². The Morgan fingerprint density at radius 3 is 2.54 bits per heavy atom. The molecular formula is C25H29N7O4S. The number of hydrogen-bond donors (Lipinski definition) is 2. The molecule has 0 radical (unpaired) electrons. The van der Waals surface area contributed by atoms with Gasteiger partial charge in [0.15, 0.2) is 0 Å². The Hall–Kier alpha value is -3.77. The average molecular weight is 524 g/mol. The highest BCUT2D eigenvalue weighted by atomic mass is 32.2. The highest BCUT2D eigenvalue weighted by Gasteiger charge is 2.39. The number of rotatable bonds is 9. The molecule has 3 heterocycles. The lowest BCUT2D eigenvalue weighted by Gasteiger charge is -2.33. The topological polar surface area (TPSA) is 131 Å². The number of benzene rings is 2. The molecule has 2 aliphatic rings. The highest BCUT2D eigenvalue weighted by Crippen LogP contribution is 2.23. The lowest BCUT2D eigenvalue weighted by molar-refractivity contribution is -0.126. The minimum Gasteiger partial charge on any atom is -0.497 e. The van der Waals surface area contributed by atoms with Gasteiger partial charge in [-0.1, -0.05) is 29.5 Å². The largest absolute Gasteiger partial charge is 0.497 e. The lowest BCUT2D eigenvalue weighted by Crippen LogP contribution is -2.57. The number of aliphatic imine (C=N–C) groups is 1. The van der Waals surface area contributed by atoms with Gasteiger partial charge in [0.2, 0.25) is 15.9 Å². The maximum absolute atomic E-state index is 13.4. The predicted octanol–water partition coefficient (Wildman–Crippen LogP) is 0.611. The van der Waals surface area contributed by atoms with Crippen molar-refractivity contribution in [2.24, 2.45) is 4.99 Å². The van der Waals surface area contributed by atoms with Crippen LogP contribution in [0.5, 0.6) is 5.75 Å². The molecule has 3 aromatic rings. The fourth-order valence-corrected chi connectivity index (χ4v) is 6.05. The van der Waals surface area contributed by atoms with Gasteiger partial charge in [-0.25, -0.2) is 8.42 Å². The first-order valence-electron chi connectivity index (χ1n) is 12.1. The van der Waals surface area contributed by atoms with E-state index in [1.165, 1.54) is 23.5 Å². The number of nitrogens with one attached hydrogen (secondary N) is 2. The molecule has 1 aromatic heterocycles. The Morgan fingerprint density at radius 1 is 1.05 bits per heavy atom. The summed E-state index contributed by atoms with van der Waals surface area (Å²) in [6.45, 7) is 2.71. The van der Waals surface area contributed by atoms with E-state index >= 15 is 0 Å². The molecule has 1 amide bonds. The van der Waals surface area contributed by atoms with Crippen LogP contribution in [0.15, 0.2) is 64.6 Å². The van der Waals surface area contributed by atoms with Crippen LogP contribution in [0.2, 0.25) is 0 Å². The van der Waals surface area contributed by atoms with Gasteiger partial charge in [0, 0.05) is 44.4 Å². The standard InChI is InChI=1S/C25H29N7O4S/c1-36-21-6-8-22(9-7-21)37(34,35)32-15-13-28-25(33)23(32)16-20-17-31(30-29-20)14-10-18-2-4-19(5-3-18)24-26-11-12-27-24/h2-9,17,23H,10-16H2,1H3,(H,26,27)(H,28,33)/t23-/m1/s1. The van der Waals surface area contributed by atoms with Crippen LogP contribution in [0.4, 0.5) is 0 Å². The number of piperazine rings is 1. The Bertz CT molecular complexity index is 1390. The summed E-state index contributed by atoms with van der Waals surface area (Å²) in [5.74, 6) is 1.14. The molecule has 2 aromatic carbocycles. The van der Waals surface area contributed by atoms with E-state index in [-0.39, 0.29) is 30.3 Å². The number of carbonyl (C=O) groups excluding carboxylic acids is 1. The zero-order valence-corrected chi connectivity index (χ0v) is 21.3. The van der Waals surface area contributed by atoms with Crippen LogP contribution in [0.3, 0.4) is 0 Å². The Balaban J connectivity index is 1.24. The molecule has 0 spiro atoms. The number of amidine groups is 1. The molecule has 0 saturated carbocycles. The Morgan fingerprint density at radius 2 is 1.84 bits per heavy atom.